The van der Waals surface area contributed by atoms with Crippen molar-refractivity contribution in [2.24, 2.45) is 5.92 Å². The molecule has 2 saturated heterocycles. The van der Waals surface area contributed by atoms with Crippen LogP contribution in [0.5, 0.6) is 0 Å². The summed E-state index contributed by atoms with van der Waals surface area (Å²) in [5.41, 5.74) is 2.38. The molecule has 3 aliphatic rings. The summed E-state index contributed by atoms with van der Waals surface area (Å²) in [4.78, 5) is 27.4. The fourth-order valence-electron chi connectivity index (χ4n) is 3.94. The average Bonchev–Trinajstić information content (AvgIpc) is 2.84. The zero-order chi connectivity index (χ0) is 17.7. The van der Waals surface area contributed by atoms with Gasteiger partial charge >= 0.3 is 5.97 Å². The number of piperidine rings is 1. The molecule has 8 heteroatoms. The Morgan fingerprint density at radius 3 is 2.64 bits per heavy atom. The third-order valence-corrected chi connectivity index (χ3v) is 5.41. The first-order valence-electron chi connectivity index (χ1n) is 8.48. The maximum atomic E-state index is 12.8. The van der Waals surface area contributed by atoms with Gasteiger partial charge in [0, 0.05) is 36.4 Å². The summed E-state index contributed by atoms with van der Waals surface area (Å²) < 4.78 is 0. The predicted molar refractivity (Wildman–Crippen MR) is 87.8 cm³/mol. The van der Waals surface area contributed by atoms with Gasteiger partial charge in [-0.15, -0.1) is 0 Å². The highest BCUT2D eigenvalue weighted by atomic mass is 16.4. The number of aliphatic carboxylic acids is 1. The van der Waals surface area contributed by atoms with Crippen molar-refractivity contribution in [1.82, 2.24) is 10.2 Å². The van der Waals surface area contributed by atoms with E-state index in [1.54, 1.807) is 11.0 Å². The molecule has 1 aromatic rings. The zero-order valence-electron chi connectivity index (χ0n) is 13.6. The van der Waals surface area contributed by atoms with Crippen molar-refractivity contribution < 1.29 is 24.9 Å². The second-order valence-corrected chi connectivity index (χ2v) is 6.95. The molecule has 2 fully saturated rings. The van der Waals surface area contributed by atoms with Crippen LogP contribution in [0.3, 0.4) is 0 Å². The summed E-state index contributed by atoms with van der Waals surface area (Å²) in [6.07, 6.45) is -0.724. The lowest BCUT2D eigenvalue weighted by atomic mass is 9.97. The van der Waals surface area contributed by atoms with Gasteiger partial charge in [0.15, 0.2) is 0 Å². The zero-order valence-corrected chi connectivity index (χ0v) is 13.6. The fraction of sp³-hybridized carbons (Fsp3) is 0.529. The molecule has 3 atom stereocenters. The van der Waals surface area contributed by atoms with Crippen molar-refractivity contribution in [1.29, 1.82) is 0 Å². The molecule has 0 radical (unpaired) electrons. The molecule has 0 saturated carbocycles. The van der Waals surface area contributed by atoms with Gasteiger partial charge in [-0.2, -0.15) is 0 Å². The van der Waals surface area contributed by atoms with Crippen LogP contribution in [0.4, 0.5) is 5.69 Å². The highest BCUT2D eigenvalue weighted by molar-refractivity contribution is 6.00. The smallest absolute Gasteiger partial charge is 0.310 e. The summed E-state index contributed by atoms with van der Waals surface area (Å²) in [5, 5.41) is 31.5. The van der Waals surface area contributed by atoms with Crippen molar-refractivity contribution in [3.63, 3.8) is 0 Å². The van der Waals surface area contributed by atoms with E-state index in [1.165, 1.54) is 0 Å². The number of nitrogens with one attached hydrogen (secondary N) is 1. The quantitative estimate of drug-likeness (QED) is 0.586. The van der Waals surface area contributed by atoms with E-state index < -0.39 is 18.4 Å². The highest BCUT2D eigenvalue weighted by Crippen LogP contribution is 2.37. The number of aliphatic hydroxyl groups excluding tert-OH is 2. The molecule has 25 heavy (non-hydrogen) atoms. The summed E-state index contributed by atoms with van der Waals surface area (Å²) >= 11 is 0. The molecule has 0 aliphatic carbocycles. The Morgan fingerprint density at radius 2 is 1.96 bits per heavy atom. The first kappa shape index (κ1) is 16.3. The van der Waals surface area contributed by atoms with Crippen LogP contribution in [0.2, 0.25) is 0 Å². The van der Waals surface area contributed by atoms with E-state index in [9.17, 15) is 19.8 Å². The van der Waals surface area contributed by atoms with Crippen LogP contribution < -0.4 is 10.2 Å². The predicted octanol–water partition coefficient (Wildman–Crippen LogP) is -0.448. The van der Waals surface area contributed by atoms with Crippen LogP contribution in [0.1, 0.15) is 28.8 Å². The van der Waals surface area contributed by atoms with Gasteiger partial charge in [-0.1, -0.05) is 6.07 Å². The monoisotopic (exact) mass is 347 g/mol. The number of anilines is 1. The molecule has 3 unspecified atom stereocenters. The fourth-order valence-corrected chi connectivity index (χ4v) is 3.94. The van der Waals surface area contributed by atoms with E-state index in [1.807, 2.05) is 17.0 Å². The standard InChI is InChI=1S/C17H21N3O5/c21-14-5-4-13(15(22)18-14)20-8-11-10(16(20)23)2-1-3-12(11)19-6-9(7-19)17(24)25/h1-3,9,13-15,18,21-22H,4-8H2,(H,24,25). The lowest BCUT2D eigenvalue weighted by Crippen LogP contribution is -2.57. The molecule has 4 N–H and O–H groups in total. The van der Waals surface area contributed by atoms with E-state index in [0.717, 1.165) is 11.3 Å². The number of carboxylic acid groups (broad SMARTS) is 1. The van der Waals surface area contributed by atoms with Crippen LogP contribution in [-0.4, -0.2) is 63.7 Å². The van der Waals surface area contributed by atoms with Crippen molar-refractivity contribution in [2.75, 3.05) is 18.0 Å². The number of carboxylic acids is 1. The van der Waals surface area contributed by atoms with E-state index in [-0.39, 0.29) is 17.9 Å². The second kappa shape index (κ2) is 5.98. The molecule has 8 nitrogen and oxygen atoms in total. The van der Waals surface area contributed by atoms with Crippen molar-refractivity contribution in [3.8, 4) is 0 Å². The van der Waals surface area contributed by atoms with Crippen LogP contribution in [0, 0.1) is 5.92 Å². The first-order chi connectivity index (χ1) is 12.0. The lowest BCUT2D eigenvalue weighted by molar-refractivity contribution is -0.142. The minimum absolute atomic E-state index is 0.130. The minimum Gasteiger partial charge on any atom is -0.481 e. The van der Waals surface area contributed by atoms with Gasteiger partial charge in [-0.05, 0) is 25.0 Å². The topological polar surface area (TPSA) is 113 Å². The molecule has 4 rings (SSSR count). The number of benzene rings is 1. The Balaban J connectivity index is 1.55. The average molecular weight is 347 g/mol. The Bertz CT molecular complexity index is 718. The molecule has 0 aromatic heterocycles. The van der Waals surface area contributed by atoms with E-state index in [0.29, 0.717) is 38.0 Å². The van der Waals surface area contributed by atoms with Gasteiger partial charge in [0.1, 0.15) is 12.5 Å². The Morgan fingerprint density at radius 1 is 1.20 bits per heavy atom. The molecular weight excluding hydrogens is 326 g/mol. The SMILES string of the molecule is O=C(O)C1CN(c2cccc3c2CN(C2CCC(O)NC2O)C3=O)C1. The molecule has 1 aromatic carbocycles. The number of fused-ring (bicyclic) bond motifs is 1. The summed E-state index contributed by atoms with van der Waals surface area (Å²) in [5.74, 6) is -1.29. The van der Waals surface area contributed by atoms with Crippen LogP contribution in [0.15, 0.2) is 18.2 Å². The Kier molecular flexibility index (Phi) is 3.90. The normalized spacial score (nSPS) is 29.5. The van der Waals surface area contributed by atoms with Gasteiger partial charge < -0.3 is 25.1 Å². The minimum atomic E-state index is -0.967. The van der Waals surface area contributed by atoms with Crippen molar-refractivity contribution in [3.05, 3.63) is 29.3 Å². The number of hydrogen-bond donors (Lipinski definition) is 4. The molecule has 134 valence electrons. The number of aliphatic hydroxyl groups is 2. The third kappa shape index (κ3) is 2.66. The molecule has 3 aliphatic heterocycles. The van der Waals surface area contributed by atoms with Gasteiger partial charge in [0.2, 0.25) is 0 Å². The van der Waals surface area contributed by atoms with E-state index >= 15 is 0 Å². The number of carbonyl (C=O) groups excluding carboxylic acids is 1. The number of rotatable bonds is 3. The first-order valence-corrected chi connectivity index (χ1v) is 8.48. The van der Waals surface area contributed by atoms with Gasteiger partial charge in [-0.3, -0.25) is 14.9 Å². The molecule has 3 heterocycles. The molecular formula is C17H21N3O5. The third-order valence-electron chi connectivity index (χ3n) is 5.41. The summed E-state index contributed by atoms with van der Waals surface area (Å²) in [6, 6.07) is 5.10. The van der Waals surface area contributed by atoms with Crippen LogP contribution in [0.25, 0.3) is 0 Å². The number of carbonyl (C=O) groups is 2. The molecule has 1 amide bonds. The lowest BCUT2D eigenvalue weighted by Gasteiger charge is -2.40. The number of nitrogens with zero attached hydrogens (tertiary/aromatic N) is 2. The molecule has 0 bridgehead atoms. The van der Waals surface area contributed by atoms with E-state index in [2.05, 4.69) is 5.32 Å². The van der Waals surface area contributed by atoms with Crippen LogP contribution >= 0.6 is 0 Å². The Labute approximate surface area is 144 Å². The second-order valence-electron chi connectivity index (χ2n) is 6.95. The largest absolute Gasteiger partial charge is 0.481 e. The maximum Gasteiger partial charge on any atom is 0.310 e. The molecule has 0 spiro atoms. The number of amides is 1. The van der Waals surface area contributed by atoms with Crippen LogP contribution in [-0.2, 0) is 11.3 Å². The highest BCUT2D eigenvalue weighted by Gasteiger charge is 2.41. The van der Waals surface area contributed by atoms with Gasteiger partial charge in [-0.25, -0.2) is 0 Å². The van der Waals surface area contributed by atoms with Gasteiger partial charge in [0.25, 0.3) is 5.91 Å². The summed E-state index contributed by atoms with van der Waals surface area (Å²) in [6.45, 7) is 1.28. The van der Waals surface area contributed by atoms with Crippen molar-refractivity contribution >= 4 is 17.6 Å². The van der Waals surface area contributed by atoms with Crippen molar-refractivity contribution in [2.45, 2.75) is 37.9 Å². The summed E-state index contributed by atoms with van der Waals surface area (Å²) in [7, 11) is 0. The maximum absolute atomic E-state index is 12.8. The number of hydrogen-bond acceptors (Lipinski definition) is 6. The van der Waals surface area contributed by atoms with Gasteiger partial charge in [0.05, 0.1) is 12.0 Å². The van der Waals surface area contributed by atoms with E-state index in [4.69, 9.17) is 5.11 Å². The Hall–Kier alpha value is -2.16.